The van der Waals surface area contributed by atoms with E-state index in [0.717, 1.165) is 6.42 Å². The third kappa shape index (κ3) is 2.70. The van der Waals surface area contributed by atoms with E-state index in [0.29, 0.717) is 29.1 Å². The molecule has 6 heteroatoms. The van der Waals surface area contributed by atoms with E-state index in [1.807, 2.05) is 0 Å². The summed E-state index contributed by atoms with van der Waals surface area (Å²) in [7, 11) is 1.66. The molecule has 1 aliphatic heterocycles. The van der Waals surface area contributed by atoms with E-state index in [2.05, 4.69) is 4.98 Å². The van der Waals surface area contributed by atoms with Gasteiger partial charge in [-0.25, -0.2) is 4.98 Å². The van der Waals surface area contributed by atoms with E-state index >= 15 is 0 Å². The van der Waals surface area contributed by atoms with Crippen LogP contribution in [0.15, 0.2) is 12.3 Å². The molecule has 1 fully saturated rings. The number of hydrogen-bond acceptors (Lipinski definition) is 3. The van der Waals surface area contributed by atoms with Gasteiger partial charge in [0.2, 0.25) is 5.91 Å². The van der Waals surface area contributed by atoms with Crippen LogP contribution in [0.4, 0.5) is 5.82 Å². The van der Waals surface area contributed by atoms with Crippen LogP contribution in [0.5, 0.6) is 0 Å². The van der Waals surface area contributed by atoms with E-state index in [1.54, 1.807) is 13.1 Å². The van der Waals surface area contributed by atoms with Crippen LogP contribution in [-0.4, -0.2) is 31.2 Å². The molecule has 1 saturated heterocycles. The molecule has 0 N–H and O–H groups in total. The summed E-state index contributed by atoms with van der Waals surface area (Å²) in [6.07, 6.45) is 2.21. The fraction of sp³-hybridized carbons (Fsp3) is 0.455. The molecule has 2 heterocycles. The van der Waals surface area contributed by atoms with Crippen molar-refractivity contribution in [2.24, 2.45) is 5.92 Å². The largest absolute Gasteiger partial charge is 0.381 e. The molecule has 92 valence electrons. The standard InChI is InChI=1S/C11H12Cl2N2O2/c1-15(11(16)7-2-3-17-6-7)10-9(13)4-8(12)5-14-10/h4-5,7H,2-3,6H2,1H3. The van der Waals surface area contributed by atoms with Crippen LogP contribution in [0.3, 0.4) is 0 Å². The van der Waals surface area contributed by atoms with Crippen LogP contribution in [0.2, 0.25) is 10.0 Å². The van der Waals surface area contributed by atoms with Crippen LogP contribution >= 0.6 is 23.2 Å². The molecule has 0 aromatic carbocycles. The second-order valence-electron chi connectivity index (χ2n) is 3.92. The van der Waals surface area contributed by atoms with Crippen molar-refractivity contribution in [3.8, 4) is 0 Å². The molecule has 17 heavy (non-hydrogen) atoms. The molecule has 4 nitrogen and oxygen atoms in total. The highest BCUT2D eigenvalue weighted by molar-refractivity contribution is 6.36. The summed E-state index contributed by atoms with van der Waals surface area (Å²) in [6.45, 7) is 1.10. The first-order valence-corrected chi connectivity index (χ1v) is 6.01. The Bertz CT molecular complexity index is 433. The van der Waals surface area contributed by atoms with Gasteiger partial charge in [-0.15, -0.1) is 0 Å². The van der Waals surface area contributed by atoms with Crippen molar-refractivity contribution in [3.63, 3.8) is 0 Å². The van der Waals surface area contributed by atoms with Crippen LogP contribution in [0, 0.1) is 5.92 Å². The quantitative estimate of drug-likeness (QED) is 0.832. The third-order valence-electron chi connectivity index (χ3n) is 2.72. The lowest BCUT2D eigenvalue weighted by Gasteiger charge is -2.20. The number of carbonyl (C=O) groups excluding carboxylic acids is 1. The van der Waals surface area contributed by atoms with Gasteiger partial charge in [-0.1, -0.05) is 23.2 Å². The minimum absolute atomic E-state index is 0.0285. The lowest BCUT2D eigenvalue weighted by atomic mass is 10.1. The molecule has 1 atom stereocenters. The first-order chi connectivity index (χ1) is 8.09. The predicted octanol–water partition coefficient (Wildman–Crippen LogP) is 2.39. The van der Waals surface area contributed by atoms with Gasteiger partial charge in [0, 0.05) is 19.9 Å². The van der Waals surface area contributed by atoms with Crippen molar-refractivity contribution in [1.82, 2.24) is 4.98 Å². The Morgan fingerprint density at radius 1 is 1.59 bits per heavy atom. The predicted molar refractivity (Wildman–Crippen MR) is 66.6 cm³/mol. The number of aromatic nitrogens is 1. The summed E-state index contributed by atoms with van der Waals surface area (Å²) in [5, 5.41) is 0.816. The zero-order valence-electron chi connectivity index (χ0n) is 9.32. The summed E-state index contributed by atoms with van der Waals surface area (Å²) in [5.74, 6) is 0.292. The van der Waals surface area contributed by atoms with Gasteiger partial charge in [-0.05, 0) is 12.5 Å². The molecule has 0 aliphatic carbocycles. The number of pyridine rings is 1. The number of anilines is 1. The van der Waals surface area contributed by atoms with Gasteiger partial charge in [-0.3, -0.25) is 9.69 Å². The Hall–Kier alpha value is -0.840. The molecule has 1 amide bonds. The number of rotatable bonds is 2. The minimum atomic E-state index is -0.103. The summed E-state index contributed by atoms with van der Waals surface area (Å²) < 4.78 is 5.19. The minimum Gasteiger partial charge on any atom is -0.381 e. The van der Waals surface area contributed by atoms with Crippen molar-refractivity contribution in [2.45, 2.75) is 6.42 Å². The molecule has 0 saturated carbocycles. The lowest BCUT2D eigenvalue weighted by molar-refractivity contribution is -0.122. The van der Waals surface area contributed by atoms with Crippen molar-refractivity contribution in [2.75, 3.05) is 25.2 Å². The van der Waals surface area contributed by atoms with Gasteiger partial charge in [0.1, 0.15) is 0 Å². The number of carbonyl (C=O) groups is 1. The van der Waals surface area contributed by atoms with Gasteiger partial charge in [-0.2, -0.15) is 0 Å². The summed E-state index contributed by atoms with van der Waals surface area (Å²) in [5.41, 5.74) is 0. The van der Waals surface area contributed by atoms with E-state index in [-0.39, 0.29) is 11.8 Å². The van der Waals surface area contributed by atoms with Crippen molar-refractivity contribution in [1.29, 1.82) is 0 Å². The SMILES string of the molecule is CN(C(=O)C1CCOC1)c1ncc(Cl)cc1Cl. The monoisotopic (exact) mass is 274 g/mol. The summed E-state index contributed by atoms with van der Waals surface area (Å²) in [4.78, 5) is 17.6. The molecule has 0 spiro atoms. The van der Waals surface area contributed by atoms with E-state index in [4.69, 9.17) is 27.9 Å². The van der Waals surface area contributed by atoms with Crippen LogP contribution in [0.1, 0.15) is 6.42 Å². The normalized spacial score (nSPS) is 19.4. The number of halogens is 2. The fourth-order valence-corrected chi connectivity index (χ4v) is 2.27. The van der Waals surface area contributed by atoms with E-state index < -0.39 is 0 Å². The van der Waals surface area contributed by atoms with Crippen LogP contribution in [-0.2, 0) is 9.53 Å². The van der Waals surface area contributed by atoms with E-state index in [9.17, 15) is 4.79 Å². The molecular weight excluding hydrogens is 263 g/mol. The van der Waals surface area contributed by atoms with Crippen LogP contribution in [0.25, 0.3) is 0 Å². The third-order valence-corrected chi connectivity index (χ3v) is 3.20. The first kappa shape index (κ1) is 12.6. The first-order valence-electron chi connectivity index (χ1n) is 5.26. The Kier molecular flexibility index (Phi) is 3.86. The summed E-state index contributed by atoms with van der Waals surface area (Å²) >= 11 is 11.8. The van der Waals surface area contributed by atoms with Gasteiger partial charge in [0.05, 0.1) is 22.6 Å². The Balaban J connectivity index is 2.18. The Morgan fingerprint density at radius 3 is 2.94 bits per heavy atom. The second-order valence-corrected chi connectivity index (χ2v) is 4.76. The molecule has 0 radical (unpaired) electrons. The molecule has 1 aromatic heterocycles. The molecular formula is C11H12Cl2N2O2. The number of nitrogens with zero attached hydrogens (tertiary/aromatic N) is 2. The number of ether oxygens (including phenoxy) is 1. The molecule has 0 bridgehead atoms. The average Bonchev–Trinajstić information content (AvgIpc) is 2.80. The molecule has 1 unspecified atom stereocenters. The van der Waals surface area contributed by atoms with Gasteiger partial charge in [0.25, 0.3) is 0 Å². The lowest BCUT2D eigenvalue weighted by Crippen LogP contribution is -2.33. The molecule has 2 rings (SSSR count). The van der Waals surface area contributed by atoms with Crippen molar-refractivity contribution >= 4 is 34.9 Å². The smallest absolute Gasteiger partial charge is 0.233 e. The maximum absolute atomic E-state index is 12.1. The van der Waals surface area contributed by atoms with Crippen molar-refractivity contribution < 1.29 is 9.53 Å². The zero-order chi connectivity index (χ0) is 12.4. The summed E-state index contributed by atoms with van der Waals surface area (Å²) in [6, 6.07) is 1.57. The number of amides is 1. The highest BCUT2D eigenvalue weighted by Gasteiger charge is 2.28. The Labute approximate surface area is 109 Å². The molecule has 1 aromatic rings. The van der Waals surface area contributed by atoms with Crippen molar-refractivity contribution in [3.05, 3.63) is 22.3 Å². The second kappa shape index (κ2) is 5.21. The maximum Gasteiger partial charge on any atom is 0.233 e. The number of hydrogen-bond donors (Lipinski definition) is 0. The maximum atomic E-state index is 12.1. The van der Waals surface area contributed by atoms with Gasteiger partial charge in [0.15, 0.2) is 5.82 Å². The molecule has 1 aliphatic rings. The highest BCUT2D eigenvalue weighted by atomic mass is 35.5. The topological polar surface area (TPSA) is 42.4 Å². The van der Waals surface area contributed by atoms with Gasteiger partial charge >= 0.3 is 0 Å². The highest BCUT2D eigenvalue weighted by Crippen LogP contribution is 2.27. The Morgan fingerprint density at radius 2 is 2.35 bits per heavy atom. The van der Waals surface area contributed by atoms with Gasteiger partial charge < -0.3 is 4.74 Å². The van der Waals surface area contributed by atoms with Crippen LogP contribution < -0.4 is 4.90 Å². The zero-order valence-corrected chi connectivity index (χ0v) is 10.8. The van der Waals surface area contributed by atoms with E-state index in [1.165, 1.54) is 11.1 Å². The average molecular weight is 275 g/mol. The fourth-order valence-electron chi connectivity index (χ4n) is 1.76.